The van der Waals surface area contributed by atoms with Crippen LogP contribution in [0.1, 0.15) is 24.8 Å². The SMILES string of the molecule is CN(C)c1ccc(C2(C3(C#N)CCC3)COC2)cc1. The Hall–Kier alpha value is -1.53. The average Bonchev–Trinajstić information content (AvgIpc) is 2.31. The number of rotatable bonds is 3. The molecule has 0 N–H and O–H groups in total. The van der Waals surface area contributed by atoms with Crippen molar-refractivity contribution in [2.24, 2.45) is 5.41 Å². The molecule has 1 heterocycles. The van der Waals surface area contributed by atoms with E-state index < -0.39 is 0 Å². The van der Waals surface area contributed by atoms with Crippen molar-refractivity contribution in [3.63, 3.8) is 0 Å². The lowest BCUT2D eigenvalue weighted by molar-refractivity contribution is -0.134. The lowest BCUT2D eigenvalue weighted by Gasteiger charge is -2.56. The fourth-order valence-electron chi connectivity index (χ4n) is 3.33. The van der Waals surface area contributed by atoms with E-state index in [4.69, 9.17) is 4.74 Å². The van der Waals surface area contributed by atoms with Gasteiger partial charge in [-0.1, -0.05) is 18.6 Å². The Morgan fingerprint density at radius 1 is 1.16 bits per heavy atom. The zero-order chi connectivity index (χ0) is 13.5. The van der Waals surface area contributed by atoms with Gasteiger partial charge in [0.25, 0.3) is 0 Å². The first kappa shape index (κ1) is 12.5. The molecule has 1 saturated carbocycles. The van der Waals surface area contributed by atoms with Gasteiger partial charge in [-0.3, -0.25) is 0 Å². The molecule has 3 rings (SSSR count). The van der Waals surface area contributed by atoms with Crippen molar-refractivity contribution >= 4 is 5.69 Å². The molecular weight excluding hydrogens is 236 g/mol. The Kier molecular flexibility index (Phi) is 2.79. The summed E-state index contributed by atoms with van der Waals surface area (Å²) in [5.41, 5.74) is 2.21. The molecule has 1 aliphatic heterocycles. The number of ether oxygens (including phenoxy) is 1. The predicted molar refractivity (Wildman–Crippen MR) is 75.2 cm³/mol. The molecule has 100 valence electrons. The van der Waals surface area contributed by atoms with Crippen molar-refractivity contribution < 1.29 is 4.74 Å². The maximum atomic E-state index is 9.63. The maximum absolute atomic E-state index is 9.63. The molecule has 0 spiro atoms. The van der Waals surface area contributed by atoms with Gasteiger partial charge < -0.3 is 9.64 Å². The van der Waals surface area contributed by atoms with Gasteiger partial charge in [0.05, 0.1) is 30.1 Å². The molecule has 3 heteroatoms. The number of hydrogen-bond acceptors (Lipinski definition) is 3. The highest BCUT2D eigenvalue weighted by Gasteiger charge is 2.60. The van der Waals surface area contributed by atoms with E-state index in [9.17, 15) is 5.26 Å². The van der Waals surface area contributed by atoms with E-state index in [0.29, 0.717) is 13.2 Å². The molecule has 0 aromatic heterocycles. The van der Waals surface area contributed by atoms with Crippen LogP contribution in [0.5, 0.6) is 0 Å². The van der Waals surface area contributed by atoms with Gasteiger partial charge in [-0.05, 0) is 30.5 Å². The third-order valence-electron chi connectivity index (χ3n) is 4.97. The van der Waals surface area contributed by atoms with E-state index in [-0.39, 0.29) is 10.8 Å². The van der Waals surface area contributed by atoms with E-state index in [1.165, 1.54) is 17.7 Å². The fourth-order valence-corrected chi connectivity index (χ4v) is 3.33. The van der Waals surface area contributed by atoms with Crippen LogP contribution in [-0.2, 0) is 10.2 Å². The van der Waals surface area contributed by atoms with Gasteiger partial charge in [-0.15, -0.1) is 0 Å². The number of nitrogens with zero attached hydrogens (tertiary/aromatic N) is 2. The predicted octanol–water partition coefficient (Wildman–Crippen LogP) is 2.71. The van der Waals surface area contributed by atoms with Crippen molar-refractivity contribution in [2.75, 3.05) is 32.2 Å². The van der Waals surface area contributed by atoms with E-state index in [2.05, 4.69) is 35.2 Å². The molecule has 0 radical (unpaired) electrons. The zero-order valence-corrected chi connectivity index (χ0v) is 11.6. The molecule has 1 saturated heterocycles. The average molecular weight is 256 g/mol. The Morgan fingerprint density at radius 2 is 1.79 bits per heavy atom. The first-order chi connectivity index (χ1) is 9.13. The summed E-state index contributed by atoms with van der Waals surface area (Å²) in [7, 11) is 4.08. The van der Waals surface area contributed by atoms with Gasteiger partial charge in [0, 0.05) is 19.8 Å². The second kappa shape index (κ2) is 4.25. The third kappa shape index (κ3) is 1.60. The number of hydrogen-bond donors (Lipinski definition) is 0. The maximum Gasteiger partial charge on any atom is 0.0715 e. The molecule has 0 atom stereocenters. The highest BCUT2D eigenvalue weighted by Crippen LogP contribution is 2.58. The molecule has 0 amide bonds. The van der Waals surface area contributed by atoms with Gasteiger partial charge in [-0.2, -0.15) is 5.26 Å². The molecule has 3 nitrogen and oxygen atoms in total. The standard InChI is InChI=1S/C16H20N2O/c1-18(2)14-6-4-13(5-7-14)16(11-19-12-16)15(10-17)8-3-9-15/h4-7H,3,8-9,11-12H2,1-2H3. The van der Waals surface area contributed by atoms with Crippen molar-refractivity contribution in [1.82, 2.24) is 0 Å². The van der Waals surface area contributed by atoms with Crippen molar-refractivity contribution in [3.8, 4) is 6.07 Å². The summed E-state index contributed by atoms with van der Waals surface area (Å²) in [5, 5.41) is 9.63. The van der Waals surface area contributed by atoms with Gasteiger partial charge in [0.1, 0.15) is 0 Å². The summed E-state index contributed by atoms with van der Waals surface area (Å²) in [6.45, 7) is 1.39. The number of benzene rings is 1. The number of anilines is 1. The highest BCUT2D eigenvalue weighted by atomic mass is 16.5. The van der Waals surface area contributed by atoms with Crippen molar-refractivity contribution in [2.45, 2.75) is 24.7 Å². The summed E-state index contributed by atoms with van der Waals surface area (Å²) in [5.74, 6) is 0. The fraction of sp³-hybridized carbons (Fsp3) is 0.562. The van der Waals surface area contributed by atoms with Crippen LogP contribution in [0.3, 0.4) is 0 Å². The van der Waals surface area contributed by atoms with Crippen molar-refractivity contribution in [3.05, 3.63) is 29.8 Å². The summed E-state index contributed by atoms with van der Waals surface area (Å²) in [6, 6.07) is 11.2. The van der Waals surface area contributed by atoms with Crippen molar-refractivity contribution in [1.29, 1.82) is 5.26 Å². The topological polar surface area (TPSA) is 36.3 Å². The van der Waals surface area contributed by atoms with Gasteiger partial charge >= 0.3 is 0 Å². The van der Waals surface area contributed by atoms with E-state index in [0.717, 1.165) is 12.8 Å². The molecular formula is C16H20N2O. The van der Waals surface area contributed by atoms with Crippen LogP contribution in [-0.4, -0.2) is 27.3 Å². The Balaban J connectivity index is 1.97. The highest BCUT2D eigenvalue weighted by molar-refractivity contribution is 5.49. The van der Waals surface area contributed by atoms with Crippen LogP contribution in [0.4, 0.5) is 5.69 Å². The van der Waals surface area contributed by atoms with E-state index in [1.54, 1.807) is 0 Å². The summed E-state index contributed by atoms with van der Waals surface area (Å²) < 4.78 is 5.49. The monoisotopic (exact) mass is 256 g/mol. The third-order valence-corrected chi connectivity index (χ3v) is 4.97. The number of nitriles is 1. The Labute approximate surface area is 114 Å². The first-order valence-electron chi connectivity index (χ1n) is 6.90. The van der Waals surface area contributed by atoms with Gasteiger partial charge in [0.15, 0.2) is 0 Å². The minimum absolute atomic E-state index is 0.0646. The van der Waals surface area contributed by atoms with Crippen LogP contribution in [0.25, 0.3) is 0 Å². The molecule has 1 aromatic rings. The summed E-state index contributed by atoms with van der Waals surface area (Å²) in [4.78, 5) is 2.09. The molecule has 19 heavy (non-hydrogen) atoms. The Morgan fingerprint density at radius 3 is 2.11 bits per heavy atom. The largest absolute Gasteiger partial charge is 0.379 e. The van der Waals surface area contributed by atoms with Crippen LogP contribution < -0.4 is 4.90 Å². The van der Waals surface area contributed by atoms with Crippen LogP contribution >= 0.6 is 0 Å². The van der Waals surface area contributed by atoms with E-state index in [1.807, 2.05) is 14.1 Å². The second-order valence-corrected chi connectivity index (χ2v) is 6.06. The van der Waals surface area contributed by atoms with Crippen LogP contribution in [0.15, 0.2) is 24.3 Å². The molecule has 0 unspecified atom stereocenters. The van der Waals surface area contributed by atoms with Crippen LogP contribution in [0.2, 0.25) is 0 Å². The van der Waals surface area contributed by atoms with Gasteiger partial charge in [-0.25, -0.2) is 0 Å². The molecule has 2 fully saturated rings. The molecule has 2 aliphatic rings. The minimum atomic E-state index is -0.190. The smallest absolute Gasteiger partial charge is 0.0715 e. The molecule has 0 bridgehead atoms. The molecule has 1 aromatic carbocycles. The first-order valence-corrected chi connectivity index (χ1v) is 6.90. The van der Waals surface area contributed by atoms with Gasteiger partial charge in [0.2, 0.25) is 0 Å². The van der Waals surface area contributed by atoms with E-state index >= 15 is 0 Å². The van der Waals surface area contributed by atoms with Crippen LogP contribution in [0, 0.1) is 16.7 Å². The lowest BCUT2D eigenvalue weighted by Crippen LogP contribution is -2.61. The summed E-state index contributed by atoms with van der Waals surface area (Å²) in [6.07, 6.45) is 3.20. The Bertz CT molecular complexity index is 505. The second-order valence-electron chi connectivity index (χ2n) is 6.06. The lowest BCUT2D eigenvalue weighted by atomic mass is 9.50. The normalized spacial score (nSPS) is 22.8. The zero-order valence-electron chi connectivity index (χ0n) is 11.6. The summed E-state index contributed by atoms with van der Waals surface area (Å²) >= 11 is 0. The quantitative estimate of drug-likeness (QED) is 0.834. The minimum Gasteiger partial charge on any atom is -0.379 e. The molecule has 1 aliphatic carbocycles.